The highest BCUT2D eigenvalue weighted by molar-refractivity contribution is 5.81. The van der Waals surface area contributed by atoms with E-state index in [-0.39, 0.29) is 12.1 Å². The van der Waals surface area contributed by atoms with Crippen LogP contribution in [0.4, 0.5) is 4.79 Å². The lowest BCUT2D eigenvalue weighted by Crippen LogP contribution is -2.42. The molecule has 0 aromatic rings. The molecule has 5 nitrogen and oxygen atoms in total. The molecule has 0 radical (unpaired) electrons. The first-order chi connectivity index (χ1) is 9.17. The van der Waals surface area contributed by atoms with Crippen molar-refractivity contribution in [1.82, 2.24) is 5.32 Å². The molecule has 0 spiro atoms. The molecule has 1 rings (SSSR count). The second-order valence-electron chi connectivity index (χ2n) is 4.94. The number of ether oxygens (including phenoxy) is 2. The van der Waals surface area contributed by atoms with Crippen LogP contribution in [-0.4, -0.2) is 30.8 Å². The lowest BCUT2D eigenvalue weighted by molar-refractivity contribution is -0.151. The predicted molar refractivity (Wildman–Crippen MR) is 71.8 cm³/mol. The first kappa shape index (κ1) is 15.8. The van der Waals surface area contributed by atoms with Crippen molar-refractivity contribution in [1.29, 1.82) is 0 Å². The highest BCUT2D eigenvalue weighted by atomic mass is 16.6. The van der Waals surface area contributed by atoms with Crippen molar-refractivity contribution in [3.8, 4) is 0 Å². The highest BCUT2D eigenvalue weighted by Gasteiger charge is 2.25. The summed E-state index contributed by atoms with van der Waals surface area (Å²) in [6.07, 6.45) is 5.89. The maximum absolute atomic E-state index is 11.9. The Morgan fingerprint density at radius 3 is 2.53 bits per heavy atom. The average molecular weight is 271 g/mol. The monoisotopic (exact) mass is 271 g/mol. The van der Waals surface area contributed by atoms with Gasteiger partial charge in [-0.15, -0.1) is 0 Å². The van der Waals surface area contributed by atoms with E-state index in [1.807, 2.05) is 13.8 Å². The summed E-state index contributed by atoms with van der Waals surface area (Å²) in [4.78, 5) is 23.4. The molecule has 0 aliphatic heterocycles. The van der Waals surface area contributed by atoms with Gasteiger partial charge in [0.15, 0.2) is 0 Å². The van der Waals surface area contributed by atoms with Gasteiger partial charge in [0.1, 0.15) is 12.1 Å². The van der Waals surface area contributed by atoms with E-state index in [0.29, 0.717) is 13.0 Å². The van der Waals surface area contributed by atoms with Crippen LogP contribution >= 0.6 is 0 Å². The number of unbranched alkanes of at least 4 members (excludes halogenated alkanes) is 1. The van der Waals surface area contributed by atoms with E-state index in [9.17, 15) is 9.59 Å². The molecule has 110 valence electrons. The van der Waals surface area contributed by atoms with E-state index in [0.717, 1.165) is 38.5 Å². The largest absolute Gasteiger partial charge is 0.461 e. The maximum atomic E-state index is 11.9. The van der Waals surface area contributed by atoms with Gasteiger partial charge in [-0.25, -0.2) is 9.59 Å². The lowest BCUT2D eigenvalue weighted by atomic mass is 10.2. The van der Waals surface area contributed by atoms with Crippen molar-refractivity contribution in [3.05, 3.63) is 0 Å². The van der Waals surface area contributed by atoms with Gasteiger partial charge in [0.25, 0.3) is 0 Å². The van der Waals surface area contributed by atoms with Gasteiger partial charge in [-0.05, 0) is 38.5 Å². The van der Waals surface area contributed by atoms with Gasteiger partial charge in [0, 0.05) is 0 Å². The Kier molecular flexibility index (Phi) is 7.30. The third kappa shape index (κ3) is 5.94. The summed E-state index contributed by atoms with van der Waals surface area (Å²) in [5.41, 5.74) is 0. The van der Waals surface area contributed by atoms with Crippen LogP contribution in [0.5, 0.6) is 0 Å². The minimum atomic E-state index is -0.602. The number of alkyl carbamates (subject to hydrolysis) is 1. The number of amides is 1. The fraction of sp³-hybridized carbons (Fsp3) is 0.857. The zero-order valence-electron chi connectivity index (χ0n) is 11.9. The summed E-state index contributed by atoms with van der Waals surface area (Å²) in [5.74, 6) is -0.346. The third-order valence-electron chi connectivity index (χ3n) is 3.30. The third-order valence-corrected chi connectivity index (χ3v) is 3.30. The van der Waals surface area contributed by atoms with E-state index in [2.05, 4.69) is 5.32 Å². The van der Waals surface area contributed by atoms with E-state index in [1.165, 1.54) is 0 Å². The second-order valence-corrected chi connectivity index (χ2v) is 4.94. The number of rotatable bonds is 7. The number of carbonyl (C=O) groups is 2. The Morgan fingerprint density at radius 1 is 1.26 bits per heavy atom. The van der Waals surface area contributed by atoms with Crippen molar-refractivity contribution < 1.29 is 19.1 Å². The van der Waals surface area contributed by atoms with Crippen molar-refractivity contribution in [3.63, 3.8) is 0 Å². The first-order valence-electron chi connectivity index (χ1n) is 7.31. The minimum absolute atomic E-state index is 0.0273. The molecule has 5 heteroatoms. The molecule has 1 atom stereocenters. The Labute approximate surface area is 115 Å². The molecule has 0 bridgehead atoms. The molecule has 1 unspecified atom stereocenters. The van der Waals surface area contributed by atoms with Crippen molar-refractivity contribution in [2.24, 2.45) is 0 Å². The zero-order valence-corrected chi connectivity index (χ0v) is 11.9. The second kappa shape index (κ2) is 8.77. The lowest BCUT2D eigenvalue weighted by Gasteiger charge is -2.18. The van der Waals surface area contributed by atoms with Crippen LogP contribution in [0.3, 0.4) is 0 Å². The molecule has 0 heterocycles. The molecular weight excluding hydrogens is 246 g/mol. The molecule has 0 aromatic carbocycles. The van der Waals surface area contributed by atoms with Crippen molar-refractivity contribution in [2.45, 2.75) is 70.9 Å². The van der Waals surface area contributed by atoms with E-state index < -0.39 is 12.1 Å². The molecule has 1 saturated carbocycles. The van der Waals surface area contributed by atoms with Crippen LogP contribution in [0.25, 0.3) is 0 Å². The van der Waals surface area contributed by atoms with E-state index >= 15 is 0 Å². The first-order valence-corrected chi connectivity index (χ1v) is 7.31. The van der Waals surface area contributed by atoms with Crippen LogP contribution in [0.15, 0.2) is 0 Å². The Hall–Kier alpha value is -1.26. The standard InChI is InChI=1S/C14H25NO4/c1-3-5-10-18-14(17)15-12(4-2)13(16)19-11-8-6-7-9-11/h11-12H,3-10H2,1-2H3,(H,15,17). The van der Waals surface area contributed by atoms with Crippen LogP contribution in [0, 0.1) is 0 Å². The average Bonchev–Trinajstić information content (AvgIpc) is 2.89. The molecule has 1 aliphatic carbocycles. The van der Waals surface area contributed by atoms with Crippen LogP contribution in [0.1, 0.15) is 58.8 Å². The number of hydrogen-bond donors (Lipinski definition) is 1. The summed E-state index contributed by atoms with van der Waals surface area (Å²) in [6.45, 7) is 4.25. The zero-order chi connectivity index (χ0) is 14.1. The summed E-state index contributed by atoms with van der Waals surface area (Å²) < 4.78 is 10.4. The van der Waals surface area contributed by atoms with E-state index in [4.69, 9.17) is 9.47 Å². The normalized spacial score (nSPS) is 16.9. The molecule has 0 aromatic heterocycles. The topological polar surface area (TPSA) is 64.6 Å². The van der Waals surface area contributed by atoms with Crippen molar-refractivity contribution in [2.75, 3.05) is 6.61 Å². The Morgan fingerprint density at radius 2 is 1.95 bits per heavy atom. The number of carbonyl (C=O) groups excluding carboxylic acids is 2. The minimum Gasteiger partial charge on any atom is -0.461 e. The molecule has 1 N–H and O–H groups in total. The van der Waals surface area contributed by atoms with Gasteiger partial charge >= 0.3 is 12.1 Å². The molecule has 1 fully saturated rings. The molecular formula is C14H25NO4. The number of esters is 1. The Bertz CT molecular complexity index is 287. The van der Waals surface area contributed by atoms with E-state index in [1.54, 1.807) is 0 Å². The van der Waals surface area contributed by atoms with Gasteiger partial charge in [-0.2, -0.15) is 0 Å². The maximum Gasteiger partial charge on any atom is 0.407 e. The smallest absolute Gasteiger partial charge is 0.407 e. The van der Waals surface area contributed by atoms with Gasteiger partial charge < -0.3 is 14.8 Å². The van der Waals surface area contributed by atoms with Crippen molar-refractivity contribution >= 4 is 12.1 Å². The molecule has 1 amide bonds. The highest BCUT2D eigenvalue weighted by Crippen LogP contribution is 2.21. The van der Waals surface area contributed by atoms with Gasteiger partial charge in [0.05, 0.1) is 6.61 Å². The van der Waals surface area contributed by atoms with Crippen LogP contribution in [0.2, 0.25) is 0 Å². The van der Waals surface area contributed by atoms with Gasteiger partial charge in [0.2, 0.25) is 0 Å². The molecule has 1 aliphatic rings. The summed E-state index contributed by atoms with van der Waals surface area (Å²) in [6, 6.07) is -0.602. The van der Waals surface area contributed by atoms with Crippen LogP contribution in [-0.2, 0) is 14.3 Å². The molecule has 0 saturated heterocycles. The number of hydrogen-bond acceptors (Lipinski definition) is 4. The van der Waals surface area contributed by atoms with Gasteiger partial charge in [-0.3, -0.25) is 0 Å². The fourth-order valence-electron chi connectivity index (χ4n) is 2.07. The predicted octanol–water partition coefficient (Wildman–Crippen LogP) is 2.78. The quantitative estimate of drug-likeness (QED) is 0.571. The summed E-state index contributed by atoms with van der Waals surface area (Å²) in [7, 11) is 0. The van der Waals surface area contributed by atoms with Gasteiger partial charge in [-0.1, -0.05) is 20.3 Å². The molecule has 19 heavy (non-hydrogen) atoms. The van der Waals surface area contributed by atoms with Crippen LogP contribution < -0.4 is 5.32 Å². The SMILES string of the molecule is CCCCOC(=O)NC(CC)C(=O)OC1CCCC1. The summed E-state index contributed by atoms with van der Waals surface area (Å²) >= 11 is 0. The summed E-state index contributed by atoms with van der Waals surface area (Å²) in [5, 5.41) is 2.56. The fourth-order valence-corrected chi connectivity index (χ4v) is 2.07. The Balaban J connectivity index is 2.30. The number of nitrogens with one attached hydrogen (secondary N) is 1.